The van der Waals surface area contributed by atoms with Gasteiger partial charge in [-0.1, -0.05) is 6.07 Å². The minimum absolute atomic E-state index is 0.424. The van der Waals surface area contributed by atoms with Crippen LogP contribution in [0.15, 0.2) is 23.1 Å². The molecule has 1 aromatic rings. The summed E-state index contributed by atoms with van der Waals surface area (Å²) in [7, 11) is -2.68. The van der Waals surface area contributed by atoms with Crippen molar-refractivity contribution in [1.82, 2.24) is 0 Å². The Balaban J connectivity index is 3.39. The molecule has 0 amide bonds. The number of nitrogen functional groups attached to an aromatic ring is 1. The van der Waals surface area contributed by atoms with E-state index in [0.717, 1.165) is 5.56 Å². The Hall–Kier alpha value is -1.03. The maximum atomic E-state index is 11.3. The fraction of sp³-hybridized carbons (Fsp3) is 0.250. The Morgan fingerprint density at radius 3 is 2.50 bits per heavy atom. The van der Waals surface area contributed by atoms with Crippen LogP contribution in [0.4, 0.5) is 5.69 Å². The monoisotopic (exact) mass is 184 g/mol. The van der Waals surface area contributed by atoms with Crippen LogP contribution in [-0.4, -0.2) is 10.5 Å². The summed E-state index contributed by atoms with van der Waals surface area (Å²) in [6.45, 7) is 1.90. The summed E-state index contributed by atoms with van der Waals surface area (Å²) in [4.78, 5) is 0.424. The maximum absolute atomic E-state index is 11.3. The molecular weight excluding hydrogens is 172 g/mol. The van der Waals surface area contributed by atoms with Crippen LogP contribution in [0.2, 0.25) is 0 Å². The van der Waals surface area contributed by atoms with Gasteiger partial charge in [-0.2, -0.15) is 0 Å². The first kappa shape index (κ1) is 9.06. The van der Waals surface area contributed by atoms with Crippen molar-refractivity contribution in [3.63, 3.8) is 0 Å². The standard InChI is InChI=1S/C8H12N2OS/c1-6-3-4-8(7(9)5-6)12(2,10)11/h3-5,10H,9H2,1-2H3. The van der Waals surface area contributed by atoms with E-state index in [-0.39, 0.29) is 0 Å². The summed E-state index contributed by atoms with van der Waals surface area (Å²) in [5.41, 5.74) is 7.06. The molecule has 12 heavy (non-hydrogen) atoms. The molecule has 0 saturated carbocycles. The molecule has 0 radical (unpaired) electrons. The molecule has 3 nitrogen and oxygen atoms in total. The van der Waals surface area contributed by atoms with E-state index < -0.39 is 9.73 Å². The highest BCUT2D eigenvalue weighted by molar-refractivity contribution is 7.91. The van der Waals surface area contributed by atoms with Gasteiger partial charge in [-0.25, -0.2) is 8.99 Å². The minimum atomic E-state index is -2.68. The van der Waals surface area contributed by atoms with Crippen LogP contribution < -0.4 is 5.73 Å². The summed E-state index contributed by atoms with van der Waals surface area (Å²) in [5.74, 6) is 0. The molecule has 1 aromatic carbocycles. The molecule has 0 aliphatic rings. The average molecular weight is 184 g/mol. The second-order valence-electron chi connectivity index (χ2n) is 2.88. The number of nitrogens with two attached hydrogens (primary N) is 1. The summed E-state index contributed by atoms with van der Waals surface area (Å²) < 4.78 is 18.6. The molecule has 3 N–H and O–H groups in total. The van der Waals surface area contributed by atoms with E-state index in [4.69, 9.17) is 10.5 Å². The van der Waals surface area contributed by atoms with Crippen molar-refractivity contribution in [3.05, 3.63) is 23.8 Å². The van der Waals surface area contributed by atoms with Gasteiger partial charge >= 0.3 is 0 Å². The van der Waals surface area contributed by atoms with E-state index in [1.54, 1.807) is 12.1 Å². The van der Waals surface area contributed by atoms with Crippen molar-refractivity contribution < 1.29 is 4.21 Å². The molecule has 0 aromatic heterocycles. The number of benzene rings is 1. The lowest BCUT2D eigenvalue weighted by molar-refractivity contribution is 0.679. The summed E-state index contributed by atoms with van der Waals surface area (Å²) in [6.07, 6.45) is 1.37. The topological polar surface area (TPSA) is 66.9 Å². The van der Waals surface area contributed by atoms with Crippen LogP contribution in [0.5, 0.6) is 0 Å². The number of aryl methyl sites for hydroxylation is 1. The predicted octanol–water partition coefficient (Wildman–Crippen LogP) is 1.61. The van der Waals surface area contributed by atoms with Crippen LogP contribution in [0.25, 0.3) is 0 Å². The van der Waals surface area contributed by atoms with Crippen LogP contribution in [-0.2, 0) is 9.73 Å². The molecule has 1 atom stereocenters. The largest absolute Gasteiger partial charge is 0.398 e. The van der Waals surface area contributed by atoms with Crippen molar-refractivity contribution in [2.45, 2.75) is 11.8 Å². The third kappa shape index (κ3) is 1.76. The smallest absolute Gasteiger partial charge is 0.0717 e. The summed E-state index contributed by atoms with van der Waals surface area (Å²) >= 11 is 0. The zero-order valence-corrected chi connectivity index (χ0v) is 7.94. The fourth-order valence-corrected chi connectivity index (χ4v) is 1.86. The first-order chi connectivity index (χ1) is 5.41. The summed E-state index contributed by atoms with van der Waals surface area (Å²) in [6, 6.07) is 5.19. The first-order valence-electron chi connectivity index (χ1n) is 3.51. The highest BCUT2D eigenvalue weighted by atomic mass is 32.2. The van der Waals surface area contributed by atoms with Gasteiger partial charge in [-0.3, -0.25) is 0 Å². The van der Waals surface area contributed by atoms with Gasteiger partial charge < -0.3 is 5.73 Å². The Kier molecular flexibility index (Phi) is 2.10. The quantitative estimate of drug-likeness (QED) is 0.651. The summed E-state index contributed by atoms with van der Waals surface area (Å²) in [5, 5.41) is 0. The lowest BCUT2D eigenvalue weighted by Crippen LogP contribution is -2.00. The van der Waals surface area contributed by atoms with E-state index in [9.17, 15) is 4.21 Å². The second-order valence-corrected chi connectivity index (χ2v) is 5.01. The molecule has 0 heterocycles. The predicted molar refractivity (Wildman–Crippen MR) is 50.6 cm³/mol. The zero-order valence-electron chi connectivity index (χ0n) is 7.13. The Bertz CT molecular complexity index is 396. The number of hydrogen-bond acceptors (Lipinski definition) is 3. The van der Waals surface area contributed by atoms with E-state index >= 15 is 0 Å². The lowest BCUT2D eigenvalue weighted by Gasteiger charge is -2.05. The van der Waals surface area contributed by atoms with Crippen LogP contribution in [0.3, 0.4) is 0 Å². The lowest BCUT2D eigenvalue weighted by atomic mass is 10.2. The minimum Gasteiger partial charge on any atom is -0.398 e. The molecule has 66 valence electrons. The van der Waals surface area contributed by atoms with E-state index in [0.29, 0.717) is 10.6 Å². The van der Waals surface area contributed by atoms with Crippen molar-refractivity contribution >= 4 is 15.4 Å². The van der Waals surface area contributed by atoms with Gasteiger partial charge in [0.05, 0.1) is 14.6 Å². The van der Waals surface area contributed by atoms with Gasteiger partial charge in [0.25, 0.3) is 0 Å². The number of rotatable bonds is 1. The Morgan fingerprint density at radius 1 is 1.50 bits per heavy atom. The molecule has 0 bridgehead atoms. The average Bonchev–Trinajstić information content (AvgIpc) is 1.83. The molecule has 0 saturated heterocycles. The normalized spacial score (nSPS) is 15.5. The van der Waals surface area contributed by atoms with Crippen LogP contribution in [0, 0.1) is 11.7 Å². The molecule has 0 fully saturated rings. The molecule has 1 rings (SSSR count). The third-order valence-corrected chi connectivity index (χ3v) is 2.80. The van der Waals surface area contributed by atoms with E-state index in [1.165, 1.54) is 6.26 Å². The third-order valence-electron chi connectivity index (χ3n) is 1.58. The fourth-order valence-electron chi connectivity index (χ4n) is 1.02. The van der Waals surface area contributed by atoms with Crippen molar-refractivity contribution in [2.24, 2.45) is 0 Å². The van der Waals surface area contributed by atoms with Crippen LogP contribution in [0.1, 0.15) is 5.56 Å². The Morgan fingerprint density at radius 2 is 2.08 bits per heavy atom. The van der Waals surface area contributed by atoms with Crippen molar-refractivity contribution in [1.29, 1.82) is 4.78 Å². The molecule has 0 aliphatic heterocycles. The zero-order chi connectivity index (χ0) is 9.35. The molecule has 0 spiro atoms. The van der Waals surface area contributed by atoms with E-state index in [1.807, 2.05) is 13.0 Å². The highest BCUT2D eigenvalue weighted by Gasteiger charge is 2.06. The van der Waals surface area contributed by atoms with Gasteiger partial charge in [0, 0.05) is 11.9 Å². The van der Waals surface area contributed by atoms with Crippen molar-refractivity contribution in [2.75, 3.05) is 12.0 Å². The van der Waals surface area contributed by atoms with Crippen molar-refractivity contribution in [3.8, 4) is 0 Å². The first-order valence-corrected chi connectivity index (χ1v) is 5.48. The van der Waals surface area contributed by atoms with E-state index in [2.05, 4.69) is 0 Å². The van der Waals surface area contributed by atoms with Gasteiger partial charge in [0.2, 0.25) is 0 Å². The number of hydrogen-bond donors (Lipinski definition) is 2. The maximum Gasteiger partial charge on any atom is 0.0717 e. The van der Waals surface area contributed by atoms with Gasteiger partial charge in [-0.05, 0) is 24.6 Å². The van der Waals surface area contributed by atoms with Crippen LogP contribution >= 0.6 is 0 Å². The molecular formula is C8H12N2OS. The SMILES string of the molecule is Cc1ccc(S(C)(=N)=O)c(N)c1. The van der Waals surface area contributed by atoms with Gasteiger partial charge in [0.1, 0.15) is 0 Å². The molecule has 0 aliphatic carbocycles. The second kappa shape index (κ2) is 2.79. The number of nitrogens with one attached hydrogen (secondary N) is 1. The van der Waals surface area contributed by atoms with Gasteiger partial charge in [0.15, 0.2) is 0 Å². The Labute approximate surface area is 72.6 Å². The van der Waals surface area contributed by atoms with Gasteiger partial charge in [-0.15, -0.1) is 0 Å². The molecule has 4 heteroatoms. The number of anilines is 1. The highest BCUT2D eigenvalue weighted by Crippen LogP contribution is 2.19. The molecule has 1 unspecified atom stereocenters.